The topological polar surface area (TPSA) is 60.8 Å². The first-order valence-corrected chi connectivity index (χ1v) is 5.01. The van der Waals surface area contributed by atoms with E-state index in [9.17, 15) is 4.79 Å². The molecule has 14 heavy (non-hydrogen) atoms. The standard InChI is InChI=1S/C6H11NO2.C4H10O/c8-6(9)7-4-2-1-3-5-7;1-4(2,3)5/h1-5H2,(H,8,9);5H,1-3H3. The van der Waals surface area contributed by atoms with Crippen molar-refractivity contribution < 1.29 is 15.0 Å². The van der Waals surface area contributed by atoms with Gasteiger partial charge in [0, 0.05) is 13.1 Å². The van der Waals surface area contributed by atoms with Crippen LogP contribution in [0.15, 0.2) is 0 Å². The van der Waals surface area contributed by atoms with Crippen molar-refractivity contribution in [1.29, 1.82) is 0 Å². The molecule has 2 N–H and O–H groups in total. The van der Waals surface area contributed by atoms with Crippen molar-refractivity contribution in [1.82, 2.24) is 4.90 Å². The summed E-state index contributed by atoms with van der Waals surface area (Å²) < 4.78 is 0. The minimum Gasteiger partial charge on any atom is -0.465 e. The quantitative estimate of drug-likeness (QED) is 0.632. The number of aliphatic hydroxyl groups is 1. The van der Waals surface area contributed by atoms with Gasteiger partial charge in [-0.2, -0.15) is 0 Å². The first-order valence-electron chi connectivity index (χ1n) is 5.01. The fourth-order valence-electron chi connectivity index (χ4n) is 1.09. The summed E-state index contributed by atoms with van der Waals surface area (Å²) in [6, 6.07) is 0. The van der Waals surface area contributed by atoms with Gasteiger partial charge in [-0.05, 0) is 40.0 Å². The van der Waals surface area contributed by atoms with Crippen molar-refractivity contribution in [3.05, 3.63) is 0 Å². The Labute approximate surface area is 85.5 Å². The van der Waals surface area contributed by atoms with Crippen molar-refractivity contribution in [2.45, 2.75) is 45.6 Å². The van der Waals surface area contributed by atoms with Gasteiger partial charge in [0.2, 0.25) is 0 Å². The molecule has 0 saturated carbocycles. The zero-order chi connectivity index (χ0) is 11.2. The summed E-state index contributed by atoms with van der Waals surface area (Å²) in [6.07, 6.45) is 2.48. The van der Waals surface area contributed by atoms with Gasteiger partial charge < -0.3 is 15.1 Å². The molecular weight excluding hydrogens is 182 g/mol. The maximum atomic E-state index is 10.3. The average Bonchev–Trinajstić information content (AvgIpc) is 2.03. The summed E-state index contributed by atoms with van der Waals surface area (Å²) in [4.78, 5) is 11.8. The highest BCUT2D eigenvalue weighted by Crippen LogP contribution is 2.07. The largest absolute Gasteiger partial charge is 0.465 e. The van der Waals surface area contributed by atoms with E-state index in [0.29, 0.717) is 0 Å². The van der Waals surface area contributed by atoms with Gasteiger partial charge in [0.05, 0.1) is 5.60 Å². The van der Waals surface area contributed by atoms with Crippen LogP contribution in [0.2, 0.25) is 0 Å². The molecule has 1 rings (SSSR count). The van der Waals surface area contributed by atoms with Gasteiger partial charge in [0.15, 0.2) is 0 Å². The summed E-state index contributed by atoms with van der Waals surface area (Å²) >= 11 is 0. The maximum absolute atomic E-state index is 10.3. The molecule has 1 saturated heterocycles. The van der Waals surface area contributed by atoms with E-state index in [1.54, 1.807) is 20.8 Å². The van der Waals surface area contributed by atoms with Crippen molar-refractivity contribution >= 4 is 6.09 Å². The van der Waals surface area contributed by atoms with Crippen LogP contribution in [-0.2, 0) is 0 Å². The third-order valence-corrected chi connectivity index (χ3v) is 1.63. The molecule has 1 heterocycles. The van der Waals surface area contributed by atoms with Crippen LogP contribution in [0.1, 0.15) is 40.0 Å². The zero-order valence-corrected chi connectivity index (χ0v) is 9.29. The second kappa shape index (κ2) is 5.86. The van der Waals surface area contributed by atoms with E-state index in [1.165, 1.54) is 11.3 Å². The summed E-state index contributed by atoms with van der Waals surface area (Å²) in [5.74, 6) is 0. The van der Waals surface area contributed by atoms with Gasteiger partial charge in [0.25, 0.3) is 0 Å². The van der Waals surface area contributed by atoms with Crippen LogP contribution in [-0.4, -0.2) is 39.9 Å². The predicted octanol–water partition coefficient (Wildman–Crippen LogP) is 1.93. The lowest BCUT2D eigenvalue weighted by Crippen LogP contribution is -2.34. The minimum atomic E-state index is -0.769. The summed E-state index contributed by atoms with van der Waals surface area (Å²) in [5, 5.41) is 17.0. The Kier molecular flexibility index (Phi) is 5.53. The molecule has 1 amide bonds. The Morgan fingerprint density at radius 3 is 1.71 bits per heavy atom. The lowest BCUT2D eigenvalue weighted by atomic mass is 10.1. The van der Waals surface area contributed by atoms with E-state index in [2.05, 4.69) is 0 Å². The van der Waals surface area contributed by atoms with Gasteiger partial charge in [-0.25, -0.2) is 4.79 Å². The molecule has 0 spiro atoms. The Morgan fingerprint density at radius 1 is 1.14 bits per heavy atom. The SMILES string of the molecule is CC(C)(C)O.O=C(O)N1CCCCC1. The Hall–Kier alpha value is -0.770. The number of rotatable bonds is 0. The molecule has 0 unspecified atom stereocenters. The molecule has 0 bridgehead atoms. The number of carboxylic acid groups (broad SMARTS) is 1. The maximum Gasteiger partial charge on any atom is 0.407 e. The molecule has 0 aliphatic carbocycles. The second-order valence-corrected chi connectivity index (χ2v) is 4.50. The fourth-order valence-corrected chi connectivity index (χ4v) is 1.09. The highest BCUT2D eigenvalue weighted by Gasteiger charge is 2.13. The third kappa shape index (κ3) is 9.32. The van der Waals surface area contributed by atoms with Crippen LogP contribution in [0.4, 0.5) is 4.79 Å². The van der Waals surface area contributed by atoms with E-state index in [-0.39, 0.29) is 0 Å². The van der Waals surface area contributed by atoms with E-state index in [1.807, 2.05) is 0 Å². The van der Waals surface area contributed by atoms with Gasteiger partial charge in [-0.3, -0.25) is 0 Å². The predicted molar refractivity (Wildman–Crippen MR) is 55.4 cm³/mol. The minimum absolute atomic E-state index is 0.500. The van der Waals surface area contributed by atoms with E-state index >= 15 is 0 Å². The summed E-state index contributed by atoms with van der Waals surface area (Å²) in [5.41, 5.74) is -0.500. The molecule has 0 aromatic carbocycles. The van der Waals surface area contributed by atoms with Crippen molar-refractivity contribution in [2.24, 2.45) is 0 Å². The summed E-state index contributed by atoms with van der Waals surface area (Å²) in [7, 11) is 0. The molecule has 1 aliphatic heterocycles. The van der Waals surface area contributed by atoms with Crippen LogP contribution in [0.5, 0.6) is 0 Å². The van der Waals surface area contributed by atoms with Gasteiger partial charge in [-0.1, -0.05) is 0 Å². The number of carbonyl (C=O) groups is 1. The van der Waals surface area contributed by atoms with Crippen LogP contribution in [0, 0.1) is 0 Å². The summed E-state index contributed by atoms with van der Waals surface area (Å²) in [6.45, 7) is 6.69. The van der Waals surface area contributed by atoms with Crippen molar-refractivity contribution in [3.8, 4) is 0 Å². The van der Waals surface area contributed by atoms with E-state index < -0.39 is 11.7 Å². The van der Waals surface area contributed by atoms with E-state index in [0.717, 1.165) is 25.9 Å². The molecule has 4 nitrogen and oxygen atoms in total. The number of amides is 1. The highest BCUT2D eigenvalue weighted by atomic mass is 16.4. The smallest absolute Gasteiger partial charge is 0.407 e. The number of piperidine rings is 1. The van der Waals surface area contributed by atoms with Crippen LogP contribution in [0.3, 0.4) is 0 Å². The van der Waals surface area contributed by atoms with Crippen LogP contribution >= 0.6 is 0 Å². The molecule has 0 aromatic heterocycles. The Balaban J connectivity index is 0.000000292. The third-order valence-electron chi connectivity index (χ3n) is 1.63. The molecule has 1 aliphatic rings. The second-order valence-electron chi connectivity index (χ2n) is 4.50. The molecule has 0 radical (unpaired) electrons. The van der Waals surface area contributed by atoms with E-state index in [4.69, 9.17) is 10.2 Å². The van der Waals surface area contributed by atoms with Crippen molar-refractivity contribution in [3.63, 3.8) is 0 Å². The average molecular weight is 203 g/mol. The lowest BCUT2D eigenvalue weighted by molar-refractivity contribution is 0.102. The highest BCUT2D eigenvalue weighted by molar-refractivity contribution is 5.64. The monoisotopic (exact) mass is 203 g/mol. The molecule has 4 heteroatoms. The molecule has 1 fully saturated rings. The van der Waals surface area contributed by atoms with Gasteiger partial charge >= 0.3 is 6.09 Å². The zero-order valence-electron chi connectivity index (χ0n) is 9.29. The Morgan fingerprint density at radius 2 is 1.50 bits per heavy atom. The first-order chi connectivity index (χ1) is 6.30. The number of hydrogen-bond donors (Lipinski definition) is 2. The van der Waals surface area contributed by atoms with Crippen LogP contribution < -0.4 is 0 Å². The lowest BCUT2D eigenvalue weighted by Gasteiger charge is -2.22. The van der Waals surface area contributed by atoms with Gasteiger partial charge in [0.1, 0.15) is 0 Å². The van der Waals surface area contributed by atoms with Gasteiger partial charge in [-0.15, -0.1) is 0 Å². The molecule has 84 valence electrons. The molecular formula is C10H21NO3. The number of hydrogen-bond acceptors (Lipinski definition) is 2. The molecule has 0 atom stereocenters. The Bertz CT molecular complexity index is 163. The number of nitrogens with zero attached hydrogens (tertiary/aromatic N) is 1. The van der Waals surface area contributed by atoms with Crippen LogP contribution in [0.25, 0.3) is 0 Å². The van der Waals surface area contributed by atoms with Crippen molar-refractivity contribution in [2.75, 3.05) is 13.1 Å². The normalized spacial score (nSPS) is 17.0. The molecule has 0 aromatic rings. The fraction of sp³-hybridized carbons (Fsp3) is 0.900. The number of likely N-dealkylation sites (tertiary alicyclic amines) is 1. The first kappa shape index (κ1) is 13.2.